The molecule has 1 aromatic heterocycles. The standard InChI is InChI=1S/C13H23N3O2/c1-4-10(3)8-16(5-2)9-12-11(6-7-18-12)13(17)15-14/h6-7,10H,4-5,8-9,14H2,1-3H3,(H,15,17). The van der Waals surface area contributed by atoms with Crippen LogP contribution in [0, 0.1) is 5.92 Å². The van der Waals surface area contributed by atoms with Gasteiger partial charge in [-0.05, 0) is 18.5 Å². The molecule has 0 saturated carbocycles. The second-order valence-corrected chi connectivity index (χ2v) is 4.57. The van der Waals surface area contributed by atoms with Crippen molar-refractivity contribution in [1.82, 2.24) is 10.3 Å². The van der Waals surface area contributed by atoms with Gasteiger partial charge in [0.25, 0.3) is 5.91 Å². The van der Waals surface area contributed by atoms with Gasteiger partial charge in [-0.15, -0.1) is 0 Å². The van der Waals surface area contributed by atoms with E-state index in [2.05, 4.69) is 31.1 Å². The van der Waals surface area contributed by atoms with Gasteiger partial charge in [0.1, 0.15) is 5.76 Å². The smallest absolute Gasteiger partial charge is 0.268 e. The molecule has 0 aliphatic heterocycles. The molecule has 0 aliphatic carbocycles. The highest BCUT2D eigenvalue weighted by molar-refractivity contribution is 5.94. The summed E-state index contributed by atoms with van der Waals surface area (Å²) in [6.45, 7) is 9.06. The number of nitrogens with one attached hydrogen (secondary N) is 1. The molecule has 102 valence electrons. The van der Waals surface area contributed by atoms with Crippen LogP contribution in [0.3, 0.4) is 0 Å². The van der Waals surface area contributed by atoms with E-state index >= 15 is 0 Å². The summed E-state index contributed by atoms with van der Waals surface area (Å²) >= 11 is 0. The van der Waals surface area contributed by atoms with Crippen molar-refractivity contribution < 1.29 is 9.21 Å². The summed E-state index contributed by atoms with van der Waals surface area (Å²) in [4.78, 5) is 13.8. The molecule has 0 spiro atoms. The van der Waals surface area contributed by atoms with E-state index < -0.39 is 0 Å². The Morgan fingerprint density at radius 2 is 2.28 bits per heavy atom. The lowest BCUT2D eigenvalue weighted by Gasteiger charge is -2.22. The van der Waals surface area contributed by atoms with E-state index in [-0.39, 0.29) is 5.91 Å². The van der Waals surface area contributed by atoms with Crippen molar-refractivity contribution in [3.8, 4) is 0 Å². The number of nitrogens with zero attached hydrogens (tertiary/aromatic N) is 1. The highest BCUT2D eigenvalue weighted by Crippen LogP contribution is 2.15. The SMILES string of the molecule is CCC(C)CN(CC)Cc1occc1C(=O)NN. The largest absolute Gasteiger partial charge is 0.467 e. The average Bonchev–Trinajstić information content (AvgIpc) is 2.84. The summed E-state index contributed by atoms with van der Waals surface area (Å²) in [5.74, 6) is 6.14. The van der Waals surface area contributed by atoms with E-state index in [1.165, 1.54) is 6.26 Å². The highest BCUT2D eigenvalue weighted by Gasteiger charge is 2.17. The van der Waals surface area contributed by atoms with Gasteiger partial charge in [-0.2, -0.15) is 0 Å². The summed E-state index contributed by atoms with van der Waals surface area (Å²) < 4.78 is 5.38. The van der Waals surface area contributed by atoms with Crippen molar-refractivity contribution in [2.75, 3.05) is 13.1 Å². The summed E-state index contributed by atoms with van der Waals surface area (Å²) in [5, 5.41) is 0. The Labute approximate surface area is 108 Å². The Balaban J connectivity index is 2.70. The highest BCUT2D eigenvalue weighted by atomic mass is 16.3. The van der Waals surface area contributed by atoms with Gasteiger partial charge in [0.15, 0.2) is 0 Å². The number of carbonyl (C=O) groups excluding carboxylic acids is 1. The molecule has 0 bridgehead atoms. The summed E-state index contributed by atoms with van der Waals surface area (Å²) in [5.41, 5.74) is 2.65. The van der Waals surface area contributed by atoms with E-state index in [1.807, 2.05) is 0 Å². The Morgan fingerprint density at radius 1 is 1.56 bits per heavy atom. The van der Waals surface area contributed by atoms with Gasteiger partial charge in [-0.25, -0.2) is 5.84 Å². The van der Waals surface area contributed by atoms with Gasteiger partial charge in [-0.1, -0.05) is 27.2 Å². The molecule has 1 amide bonds. The van der Waals surface area contributed by atoms with Gasteiger partial charge in [0.05, 0.1) is 18.4 Å². The normalized spacial score (nSPS) is 12.7. The molecule has 5 nitrogen and oxygen atoms in total. The van der Waals surface area contributed by atoms with Crippen molar-refractivity contribution >= 4 is 5.91 Å². The maximum atomic E-state index is 11.5. The molecule has 5 heteroatoms. The van der Waals surface area contributed by atoms with Crippen LogP contribution in [0.1, 0.15) is 43.3 Å². The third-order valence-corrected chi connectivity index (χ3v) is 3.20. The molecule has 0 radical (unpaired) electrons. The zero-order valence-corrected chi connectivity index (χ0v) is 11.4. The van der Waals surface area contributed by atoms with Gasteiger partial charge >= 0.3 is 0 Å². The van der Waals surface area contributed by atoms with Crippen LogP contribution in [0.5, 0.6) is 0 Å². The number of carbonyl (C=O) groups is 1. The molecule has 1 heterocycles. The van der Waals surface area contributed by atoms with Crippen LogP contribution in [-0.2, 0) is 6.54 Å². The molecule has 1 atom stereocenters. The second kappa shape index (κ2) is 7.18. The Hall–Kier alpha value is -1.33. The van der Waals surface area contributed by atoms with Crippen LogP contribution in [0.2, 0.25) is 0 Å². The fourth-order valence-electron chi connectivity index (χ4n) is 1.82. The number of furan rings is 1. The van der Waals surface area contributed by atoms with Gasteiger partial charge in [-0.3, -0.25) is 15.1 Å². The molecule has 0 saturated heterocycles. The van der Waals surface area contributed by atoms with E-state index in [0.29, 0.717) is 23.8 Å². The number of nitrogens with two attached hydrogens (primary N) is 1. The van der Waals surface area contributed by atoms with Crippen LogP contribution < -0.4 is 11.3 Å². The predicted octanol–water partition coefficient (Wildman–Crippen LogP) is 1.75. The van der Waals surface area contributed by atoms with Crippen molar-refractivity contribution in [3.63, 3.8) is 0 Å². The third kappa shape index (κ3) is 3.85. The molecule has 18 heavy (non-hydrogen) atoms. The van der Waals surface area contributed by atoms with Crippen molar-refractivity contribution in [2.24, 2.45) is 11.8 Å². The van der Waals surface area contributed by atoms with E-state index in [0.717, 1.165) is 19.5 Å². The monoisotopic (exact) mass is 253 g/mol. The topological polar surface area (TPSA) is 71.5 Å². The molecular formula is C13H23N3O2. The summed E-state index contributed by atoms with van der Waals surface area (Å²) in [6.07, 6.45) is 2.67. The fraction of sp³-hybridized carbons (Fsp3) is 0.615. The fourth-order valence-corrected chi connectivity index (χ4v) is 1.82. The first kappa shape index (κ1) is 14.7. The van der Waals surface area contributed by atoms with E-state index in [1.54, 1.807) is 6.07 Å². The molecule has 1 rings (SSSR count). The van der Waals surface area contributed by atoms with Crippen LogP contribution in [0.25, 0.3) is 0 Å². The number of amides is 1. The van der Waals surface area contributed by atoms with E-state index in [9.17, 15) is 4.79 Å². The van der Waals surface area contributed by atoms with Crippen molar-refractivity contribution in [2.45, 2.75) is 33.7 Å². The molecular weight excluding hydrogens is 230 g/mol. The quantitative estimate of drug-likeness (QED) is 0.441. The van der Waals surface area contributed by atoms with Gasteiger partial charge < -0.3 is 4.42 Å². The van der Waals surface area contributed by atoms with Crippen LogP contribution in [0.15, 0.2) is 16.7 Å². The number of hydrogen-bond donors (Lipinski definition) is 2. The van der Waals surface area contributed by atoms with Gasteiger partial charge in [0.2, 0.25) is 0 Å². The second-order valence-electron chi connectivity index (χ2n) is 4.57. The third-order valence-electron chi connectivity index (χ3n) is 3.20. The van der Waals surface area contributed by atoms with Crippen LogP contribution in [-0.4, -0.2) is 23.9 Å². The number of rotatable bonds is 7. The maximum Gasteiger partial charge on any atom is 0.268 e. The maximum absolute atomic E-state index is 11.5. The lowest BCUT2D eigenvalue weighted by atomic mass is 10.1. The molecule has 1 unspecified atom stereocenters. The Bertz CT molecular complexity index is 376. The molecule has 0 fully saturated rings. The zero-order valence-electron chi connectivity index (χ0n) is 11.4. The van der Waals surface area contributed by atoms with Gasteiger partial charge in [0, 0.05) is 6.54 Å². The minimum atomic E-state index is -0.307. The lowest BCUT2D eigenvalue weighted by molar-refractivity contribution is 0.0949. The molecule has 0 aromatic carbocycles. The van der Waals surface area contributed by atoms with Crippen molar-refractivity contribution in [1.29, 1.82) is 0 Å². The first-order chi connectivity index (χ1) is 8.62. The summed E-state index contributed by atoms with van der Waals surface area (Å²) in [7, 11) is 0. The van der Waals surface area contributed by atoms with Crippen LogP contribution >= 0.6 is 0 Å². The molecule has 1 aromatic rings. The lowest BCUT2D eigenvalue weighted by Crippen LogP contribution is -2.32. The predicted molar refractivity (Wildman–Crippen MR) is 70.8 cm³/mol. The molecule has 0 aliphatic rings. The van der Waals surface area contributed by atoms with Crippen molar-refractivity contribution in [3.05, 3.63) is 23.7 Å². The number of nitrogen functional groups attached to an aromatic ring is 1. The average molecular weight is 253 g/mol. The first-order valence-electron chi connectivity index (χ1n) is 6.41. The first-order valence-corrected chi connectivity index (χ1v) is 6.41. The number of hydrazine groups is 1. The minimum Gasteiger partial charge on any atom is -0.467 e. The Kier molecular flexibility index (Phi) is 5.88. The number of hydrogen-bond acceptors (Lipinski definition) is 4. The minimum absolute atomic E-state index is 0.307. The molecule has 3 N–H and O–H groups in total. The van der Waals surface area contributed by atoms with Crippen LogP contribution in [0.4, 0.5) is 0 Å². The zero-order chi connectivity index (χ0) is 13.5. The van der Waals surface area contributed by atoms with E-state index in [4.69, 9.17) is 10.3 Å². The summed E-state index contributed by atoms with van der Waals surface area (Å²) in [6, 6.07) is 1.65. The Morgan fingerprint density at radius 3 is 2.83 bits per heavy atom.